The summed E-state index contributed by atoms with van der Waals surface area (Å²) in [5.74, 6) is 1.14. The maximum Gasteiger partial charge on any atom is 0.300 e. The molecule has 0 fully saturated rings. The summed E-state index contributed by atoms with van der Waals surface area (Å²) in [4.78, 5) is 21.4. The van der Waals surface area contributed by atoms with Crippen LogP contribution in [-0.2, 0) is 20.6 Å². The minimum atomic E-state index is 0.0267. The van der Waals surface area contributed by atoms with Crippen molar-refractivity contribution in [3.8, 4) is 0 Å². The monoisotopic (exact) mass is 444 g/mol. The fraction of sp³-hybridized carbons (Fsp3) is 0.423. The fourth-order valence-corrected chi connectivity index (χ4v) is 3.11. The maximum absolute atomic E-state index is 12.6. The standard InChI is InChI=1S/C23H31NO2.C2H2O2.CH4O/c1-4-5-6-10-16-26(17-21-14-8-7-9-15-21)18-22(25)24-23-19(2)12-11-13-20(23)3;3-1-2-4;1-2/h7-9,11-15H,4-6,10,16-18H2,1-3H3;1,3H;2H,1H3/p+1. The van der Waals surface area contributed by atoms with Crippen molar-refractivity contribution in [1.29, 1.82) is 0 Å². The lowest BCUT2D eigenvalue weighted by Crippen LogP contribution is -2.28. The summed E-state index contributed by atoms with van der Waals surface area (Å²) in [7, 11) is 1.00. The lowest BCUT2D eigenvalue weighted by atomic mass is 10.1. The molecular weight excluding hydrogens is 406 g/mol. The minimum absolute atomic E-state index is 0.0267. The molecule has 32 heavy (non-hydrogen) atoms. The average Bonchev–Trinajstić information content (AvgIpc) is 2.81. The number of carbonyl (C=O) groups is 1. The minimum Gasteiger partial charge on any atom is -0.504 e. The van der Waals surface area contributed by atoms with Gasteiger partial charge in [0.25, 0.3) is 0 Å². The lowest BCUT2D eigenvalue weighted by Gasteiger charge is -2.20. The molecule has 2 aromatic rings. The molecule has 0 aliphatic rings. The molecule has 176 valence electrons. The van der Waals surface area contributed by atoms with Crippen LogP contribution < -0.4 is 5.32 Å². The number of nitrogens with one attached hydrogen (secondary N) is 1. The largest absolute Gasteiger partial charge is 0.504 e. The molecule has 0 atom stereocenters. The van der Waals surface area contributed by atoms with Gasteiger partial charge < -0.3 is 19.9 Å². The van der Waals surface area contributed by atoms with E-state index in [0.717, 1.165) is 49.5 Å². The number of anilines is 1. The van der Waals surface area contributed by atoms with Crippen LogP contribution in [0.1, 0.15) is 49.3 Å². The molecule has 0 aliphatic carbocycles. The molecule has 6 nitrogen and oxygen atoms in total. The van der Waals surface area contributed by atoms with E-state index in [1.807, 2.05) is 50.2 Å². The molecular formula is C26H38NO5+. The molecule has 0 unspecified atom stereocenters. The first-order valence-electron chi connectivity index (χ1n) is 10.8. The van der Waals surface area contributed by atoms with Gasteiger partial charge in [0.05, 0.1) is 0 Å². The SMILES string of the molecule is CCCCCC[O+](CC(=O)Nc1c(C)cccc1C)Cc1ccccc1.CO.O=C=CO. The van der Waals surface area contributed by atoms with E-state index in [2.05, 4.69) is 28.7 Å². The van der Waals surface area contributed by atoms with Crippen molar-refractivity contribution in [3.05, 3.63) is 71.5 Å². The number of hydrogen-bond acceptors (Lipinski definition) is 4. The maximum atomic E-state index is 12.6. The Morgan fingerprint density at radius 3 is 2.12 bits per heavy atom. The van der Waals surface area contributed by atoms with Crippen LogP contribution in [0.25, 0.3) is 0 Å². The molecule has 0 saturated carbocycles. The number of carbonyl (C=O) groups excluding carboxylic acids is 2. The van der Waals surface area contributed by atoms with Crippen molar-refractivity contribution in [1.82, 2.24) is 0 Å². The van der Waals surface area contributed by atoms with E-state index in [1.165, 1.54) is 24.8 Å². The Morgan fingerprint density at radius 1 is 1.00 bits per heavy atom. The number of aliphatic hydroxyl groups is 2. The van der Waals surface area contributed by atoms with Gasteiger partial charge in [-0.15, -0.1) is 0 Å². The number of hydrogen-bond donors (Lipinski definition) is 3. The second kappa shape index (κ2) is 18.8. The molecule has 0 heterocycles. The van der Waals surface area contributed by atoms with Gasteiger partial charge in [0.1, 0.15) is 6.61 Å². The summed E-state index contributed by atoms with van der Waals surface area (Å²) in [5.41, 5.74) is 4.35. The zero-order chi connectivity index (χ0) is 24.2. The fourth-order valence-electron chi connectivity index (χ4n) is 3.11. The normalized spacial score (nSPS) is 9.56. The third kappa shape index (κ3) is 12.7. The van der Waals surface area contributed by atoms with Gasteiger partial charge in [0.15, 0.2) is 18.8 Å². The predicted octanol–water partition coefficient (Wildman–Crippen LogP) is 5.07. The van der Waals surface area contributed by atoms with Crippen LogP contribution in [0, 0.1) is 13.8 Å². The van der Waals surface area contributed by atoms with Gasteiger partial charge in [-0.3, -0.25) is 4.79 Å². The number of aliphatic hydroxyl groups excluding tert-OH is 2. The Labute approximate surface area is 192 Å². The van der Waals surface area contributed by atoms with Crippen LogP contribution in [0.15, 0.2) is 54.8 Å². The van der Waals surface area contributed by atoms with Crippen molar-refractivity contribution in [2.45, 2.75) is 53.1 Å². The average molecular weight is 445 g/mol. The van der Waals surface area contributed by atoms with Crippen LogP contribution in [0.2, 0.25) is 0 Å². The first-order valence-corrected chi connectivity index (χ1v) is 10.8. The van der Waals surface area contributed by atoms with E-state index >= 15 is 0 Å². The van der Waals surface area contributed by atoms with Gasteiger partial charge in [-0.05, 0) is 31.4 Å². The van der Waals surface area contributed by atoms with Crippen molar-refractivity contribution in [2.24, 2.45) is 0 Å². The van der Waals surface area contributed by atoms with E-state index in [4.69, 9.17) is 15.0 Å². The molecule has 3 N–H and O–H groups in total. The summed E-state index contributed by atoms with van der Waals surface area (Å²) in [6, 6.07) is 16.4. The molecule has 0 saturated heterocycles. The van der Waals surface area contributed by atoms with Crippen molar-refractivity contribution >= 4 is 17.5 Å². The summed E-state index contributed by atoms with van der Waals surface area (Å²) in [6.07, 6.45) is 5.08. The van der Waals surface area contributed by atoms with E-state index in [1.54, 1.807) is 0 Å². The quantitative estimate of drug-likeness (QED) is 0.206. The van der Waals surface area contributed by atoms with Crippen LogP contribution >= 0.6 is 0 Å². The Balaban J connectivity index is 0.00000144. The summed E-state index contributed by atoms with van der Waals surface area (Å²) in [5, 5.41) is 17.4. The molecule has 6 heteroatoms. The topological polar surface area (TPSA) is 89.3 Å². The number of amides is 1. The summed E-state index contributed by atoms with van der Waals surface area (Å²) >= 11 is 0. The van der Waals surface area contributed by atoms with Crippen LogP contribution in [0.4, 0.5) is 5.69 Å². The van der Waals surface area contributed by atoms with Crippen LogP contribution in [-0.4, -0.2) is 42.4 Å². The molecule has 2 rings (SSSR count). The zero-order valence-corrected chi connectivity index (χ0v) is 19.8. The van der Waals surface area contributed by atoms with Crippen molar-refractivity contribution in [3.63, 3.8) is 0 Å². The Bertz CT molecular complexity index is 781. The van der Waals surface area contributed by atoms with Gasteiger partial charge in [0, 0.05) is 24.8 Å². The highest BCUT2D eigenvalue weighted by Crippen LogP contribution is 2.20. The summed E-state index contributed by atoms with van der Waals surface area (Å²) in [6.45, 7) is 8.22. The highest BCUT2D eigenvalue weighted by molar-refractivity contribution is 5.93. The van der Waals surface area contributed by atoms with Gasteiger partial charge in [0.2, 0.25) is 6.61 Å². The van der Waals surface area contributed by atoms with Gasteiger partial charge in [-0.25, -0.2) is 4.79 Å². The Morgan fingerprint density at radius 2 is 1.59 bits per heavy atom. The van der Waals surface area contributed by atoms with Crippen molar-refractivity contribution in [2.75, 3.05) is 25.6 Å². The number of para-hydroxylation sites is 1. The molecule has 1 amide bonds. The number of benzene rings is 2. The third-order valence-corrected chi connectivity index (χ3v) is 4.63. The third-order valence-electron chi connectivity index (χ3n) is 4.63. The Kier molecular flexibility index (Phi) is 17.1. The van der Waals surface area contributed by atoms with E-state index < -0.39 is 0 Å². The highest BCUT2D eigenvalue weighted by Gasteiger charge is 2.17. The molecule has 0 aliphatic heterocycles. The van der Waals surface area contributed by atoms with Gasteiger partial charge in [-0.2, -0.15) is 0 Å². The van der Waals surface area contributed by atoms with Crippen molar-refractivity contribution < 1.29 is 24.2 Å². The van der Waals surface area contributed by atoms with E-state index in [-0.39, 0.29) is 5.91 Å². The molecule has 0 bridgehead atoms. The van der Waals surface area contributed by atoms with Gasteiger partial charge in [-0.1, -0.05) is 68.3 Å². The van der Waals surface area contributed by atoms with Crippen LogP contribution in [0.5, 0.6) is 0 Å². The van der Waals surface area contributed by atoms with E-state index in [9.17, 15) is 4.79 Å². The van der Waals surface area contributed by atoms with Crippen LogP contribution in [0.3, 0.4) is 0 Å². The first-order chi connectivity index (χ1) is 15.5. The molecule has 2 aromatic carbocycles. The second-order valence-electron chi connectivity index (χ2n) is 7.21. The zero-order valence-electron chi connectivity index (χ0n) is 19.8. The number of unbranched alkanes of at least 4 members (excludes halogenated alkanes) is 3. The van der Waals surface area contributed by atoms with E-state index in [0.29, 0.717) is 12.9 Å². The summed E-state index contributed by atoms with van der Waals surface area (Å²) < 4.78 is 3.19. The molecule has 0 radical (unpaired) electrons. The second-order valence-corrected chi connectivity index (χ2v) is 7.21. The molecule has 0 spiro atoms. The molecule has 0 aromatic heterocycles. The predicted molar refractivity (Wildman–Crippen MR) is 131 cm³/mol. The Hall–Kier alpha value is -2.92. The first kappa shape index (κ1) is 29.1. The highest BCUT2D eigenvalue weighted by atomic mass is 16.7. The smallest absolute Gasteiger partial charge is 0.300 e. The number of aryl methyl sites for hydroxylation is 2. The lowest BCUT2D eigenvalue weighted by molar-refractivity contribution is -0.166. The number of rotatable bonds is 10. The van der Waals surface area contributed by atoms with Gasteiger partial charge >= 0.3 is 5.91 Å².